The minimum Gasteiger partial charge on any atom is -0.460 e. The number of carbonyl (C=O) groups excluding carboxylic acids is 1. The van der Waals surface area contributed by atoms with Crippen molar-refractivity contribution in [3.63, 3.8) is 0 Å². The van der Waals surface area contributed by atoms with Crippen LogP contribution in [0.1, 0.15) is 11.3 Å². The molecule has 1 aromatic heterocycles. The number of ether oxygens (including phenoxy) is 2. The van der Waals surface area contributed by atoms with Gasteiger partial charge in [0.15, 0.2) is 0 Å². The molecule has 0 saturated heterocycles. The van der Waals surface area contributed by atoms with Crippen LogP contribution in [0.2, 0.25) is 5.02 Å². The Morgan fingerprint density at radius 2 is 1.86 bits per heavy atom. The number of H-pyrrole nitrogens is 1. The van der Waals surface area contributed by atoms with Crippen LogP contribution in [0.3, 0.4) is 0 Å². The van der Waals surface area contributed by atoms with Gasteiger partial charge in [0.25, 0.3) is 5.56 Å². The second-order valence-corrected chi connectivity index (χ2v) is 6.09. The van der Waals surface area contributed by atoms with Crippen LogP contribution in [0, 0.1) is 0 Å². The Bertz CT molecular complexity index is 1080. The Morgan fingerprint density at radius 1 is 1.14 bits per heavy atom. The van der Waals surface area contributed by atoms with Crippen LogP contribution in [-0.2, 0) is 22.6 Å². The van der Waals surface area contributed by atoms with Gasteiger partial charge in [0.1, 0.15) is 12.4 Å². The van der Waals surface area contributed by atoms with Gasteiger partial charge in [-0.05, 0) is 18.2 Å². The number of nitrogens with zero attached hydrogens (tertiary/aromatic N) is 1. The molecule has 6 nitrogen and oxygen atoms in total. The molecular weight excluding hydrogens is 401 g/mol. The quantitative estimate of drug-likeness (QED) is 0.645. The van der Waals surface area contributed by atoms with Crippen molar-refractivity contribution < 1.29 is 27.4 Å². The first-order valence-corrected chi connectivity index (χ1v) is 8.27. The first-order valence-electron chi connectivity index (χ1n) is 7.89. The molecule has 0 bridgehead atoms. The van der Waals surface area contributed by atoms with Crippen LogP contribution >= 0.6 is 11.6 Å². The van der Waals surface area contributed by atoms with Crippen LogP contribution in [0.4, 0.5) is 13.2 Å². The number of alkyl halides is 3. The van der Waals surface area contributed by atoms with Gasteiger partial charge in [-0.25, -0.2) is 5.10 Å². The van der Waals surface area contributed by atoms with Crippen molar-refractivity contribution in [3.8, 4) is 5.75 Å². The molecule has 0 fully saturated rings. The molecule has 3 aromatic rings. The number of aromatic nitrogens is 2. The smallest absolute Gasteiger partial charge is 0.460 e. The fourth-order valence-electron chi connectivity index (χ4n) is 2.49. The molecule has 2 aromatic carbocycles. The molecule has 1 N–H and O–H groups in total. The molecule has 0 spiro atoms. The van der Waals surface area contributed by atoms with Crippen molar-refractivity contribution >= 4 is 28.3 Å². The van der Waals surface area contributed by atoms with Crippen LogP contribution < -0.4 is 10.3 Å². The zero-order valence-electron chi connectivity index (χ0n) is 14.0. The van der Waals surface area contributed by atoms with Gasteiger partial charge in [-0.15, -0.1) is 13.2 Å². The summed E-state index contributed by atoms with van der Waals surface area (Å²) in [5.41, 5.74) is 0.268. The highest BCUT2D eigenvalue weighted by Gasteiger charge is 2.31. The van der Waals surface area contributed by atoms with E-state index in [1.807, 2.05) is 0 Å². The molecule has 0 aliphatic rings. The highest BCUT2D eigenvalue weighted by Crippen LogP contribution is 2.28. The number of nitrogens with one attached hydrogen (secondary N) is 1. The van der Waals surface area contributed by atoms with E-state index >= 15 is 0 Å². The molecule has 28 heavy (non-hydrogen) atoms. The van der Waals surface area contributed by atoms with Crippen molar-refractivity contribution in [2.24, 2.45) is 0 Å². The first-order chi connectivity index (χ1) is 13.2. The third-order valence-corrected chi connectivity index (χ3v) is 4.09. The third-order valence-electron chi connectivity index (χ3n) is 3.73. The molecule has 0 saturated carbocycles. The molecule has 0 aliphatic heterocycles. The number of esters is 1. The van der Waals surface area contributed by atoms with Crippen LogP contribution in [0.15, 0.2) is 47.3 Å². The van der Waals surface area contributed by atoms with Gasteiger partial charge in [-0.2, -0.15) is 5.10 Å². The second-order valence-electron chi connectivity index (χ2n) is 5.68. The van der Waals surface area contributed by atoms with Gasteiger partial charge in [-0.3, -0.25) is 9.59 Å². The topological polar surface area (TPSA) is 81.3 Å². The van der Waals surface area contributed by atoms with E-state index in [4.69, 9.17) is 16.3 Å². The fourth-order valence-corrected chi connectivity index (χ4v) is 2.72. The molecule has 0 unspecified atom stereocenters. The van der Waals surface area contributed by atoms with Crippen LogP contribution in [0.5, 0.6) is 5.75 Å². The number of aromatic amines is 1. The molecule has 1 heterocycles. The van der Waals surface area contributed by atoms with Crippen LogP contribution in [-0.4, -0.2) is 22.5 Å². The van der Waals surface area contributed by atoms with Crippen molar-refractivity contribution in [3.05, 3.63) is 69.1 Å². The number of benzene rings is 2. The molecule has 10 heteroatoms. The number of hydrogen-bond donors (Lipinski definition) is 1. The summed E-state index contributed by atoms with van der Waals surface area (Å²) in [4.78, 5) is 23.9. The van der Waals surface area contributed by atoms with Crippen LogP contribution in [0.25, 0.3) is 10.8 Å². The molecule has 146 valence electrons. The Balaban J connectivity index is 1.67. The SMILES string of the molecule is O=C(Cc1n[nH]c(=O)c2ccccc12)OCc1ccc(OC(F)(F)F)cc1Cl. The zero-order chi connectivity index (χ0) is 20.3. The van der Waals surface area contributed by atoms with E-state index in [1.165, 1.54) is 6.07 Å². The van der Waals surface area contributed by atoms with E-state index in [2.05, 4.69) is 14.9 Å². The van der Waals surface area contributed by atoms with Gasteiger partial charge in [-0.1, -0.05) is 35.9 Å². The molecule has 3 rings (SSSR count). The highest BCUT2D eigenvalue weighted by molar-refractivity contribution is 6.31. The molecule has 0 amide bonds. The third kappa shape index (κ3) is 4.80. The molecular formula is C18H12ClF3N2O4. The number of fused-ring (bicyclic) bond motifs is 1. The van der Waals surface area contributed by atoms with Gasteiger partial charge in [0.05, 0.1) is 22.5 Å². The average Bonchev–Trinajstić information content (AvgIpc) is 2.62. The van der Waals surface area contributed by atoms with E-state index in [9.17, 15) is 22.8 Å². The second kappa shape index (κ2) is 7.89. The minimum atomic E-state index is -4.83. The van der Waals surface area contributed by atoms with Crippen molar-refractivity contribution in [1.82, 2.24) is 10.2 Å². The lowest BCUT2D eigenvalue weighted by Gasteiger charge is -2.11. The minimum absolute atomic E-state index is 0.0397. The average molecular weight is 413 g/mol. The summed E-state index contributed by atoms with van der Waals surface area (Å²) in [7, 11) is 0. The van der Waals surface area contributed by atoms with E-state index < -0.39 is 18.1 Å². The standard InChI is InChI=1S/C18H12ClF3N2O4/c19-14-7-11(28-18(20,21)22)6-5-10(14)9-27-16(25)8-15-12-3-1-2-4-13(12)17(26)24-23-15/h1-7H,8-9H2,(H,24,26). The number of hydrogen-bond acceptors (Lipinski definition) is 5. The Morgan fingerprint density at radius 3 is 2.54 bits per heavy atom. The summed E-state index contributed by atoms with van der Waals surface area (Å²) >= 11 is 5.91. The summed E-state index contributed by atoms with van der Waals surface area (Å²) in [5, 5.41) is 7.07. The molecule has 0 atom stereocenters. The van der Waals surface area contributed by atoms with Gasteiger partial charge in [0.2, 0.25) is 0 Å². The van der Waals surface area contributed by atoms with E-state index in [0.717, 1.165) is 12.1 Å². The lowest BCUT2D eigenvalue weighted by molar-refractivity contribution is -0.274. The Kier molecular flexibility index (Phi) is 5.55. The summed E-state index contributed by atoms with van der Waals surface area (Å²) in [6.07, 6.45) is -5.03. The normalized spacial score (nSPS) is 11.4. The van der Waals surface area contributed by atoms with Gasteiger partial charge >= 0.3 is 12.3 Å². The lowest BCUT2D eigenvalue weighted by atomic mass is 10.1. The largest absolute Gasteiger partial charge is 0.573 e. The molecule has 0 radical (unpaired) electrons. The fraction of sp³-hybridized carbons (Fsp3) is 0.167. The summed E-state index contributed by atoms with van der Waals surface area (Å²) in [5.74, 6) is -1.12. The number of carbonyl (C=O) groups is 1. The maximum atomic E-state index is 12.2. The number of rotatable bonds is 5. The number of halogens is 4. The summed E-state index contributed by atoms with van der Waals surface area (Å²) < 4.78 is 45.5. The maximum absolute atomic E-state index is 12.2. The monoisotopic (exact) mass is 412 g/mol. The Labute approximate surface area is 160 Å². The predicted octanol–water partition coefficient (Wildman–Crippen LogP) is 3.76. The lowest BCUT2D eigenvalue weighted by Crippen LogP contribution is -2.17. The first kappa shape index (κ1) is 19.7. The van der Waals surface area contributed by atoms with E-state index in [0.29, 0.717) is 22.0 Å². The maximum Gasteiger partial charge on any atom is 0.573 e. The van der Waals surface area contributed by atoms with E-state index in [1.54, 1.807) is 24.3 Å². The summed E-state index contributed by atoms with van der Waals surface area (Å²) in [6, 6.07) is 9.99. The molecule has 0 aliphatic carbocycles. The predicted molar refractivity (Wildman–Crippen MR) is 94.0 cm³/mol. The van der Waals surface area contributed by atoms with Crippen molar-refractivity contribution in [2.75, 3.05) is 0 Å². The van der Waals surface area contributed by atoms with Gasteiger partial charge in [0, 0.05) is 10.9 Å². The highest BCUT2D eigenvalue weighted by atomic mass is 35.5. The van der Waals surface area contributed by atoms with Crippen molar-refractivity contribution in [1.29, 1.82) is 0 Å². The Hall–Kier alpha value is -3.07. The zero-order valence-corrected chi connectivity index (χ0v) is 14.8. The summed E-state index contributed by atoms with van der Waals surface area (Å²) in [6.45, 7) is -0.245. The van der Waals surface area contributed by atoms with Crippen molar-refractivity contribution in [2.45, 2.75) is 19.4 Å². The van der Waals surface area contributed by atoms with E-state index in [-0.39, 0.29) is 23.6 Å². The van der Waals surface area contributed by atoms with Gasteiger partial charge < -0.3 is 9.47 Å².